The minimum Gasteiger partial charge on any atom is -0.356 e. The summed E-state index contributed by atoms with van der Waals surface area (Å²) in [6.45, 7) is 1.84. The highest BCUT2D eigenvalue weighted by molar-refractivity contribution is 6.00. The Morgan fingerprint density at radius 3 is 2.75 bits per heavy atom. The zero-order chi connectivity index (χ0) is 11.5. The van der Waals surface area contributed by atoms with Crippen LogP contribution in [-0.2, 0) is 0 Å². The molecule has 16 heavy (non-hydrogen) atoms. The number of aromatic nitrogens is 1. The van der Waals surface area contributed by atoms with Crippen LogP contribution >= 0.6 is 0 Å². The van der Waals surface area contributed by atoms with Crippen LogP contribution in [0, 0.1) is 6.92 Å². The Kier molecular flexibility index (Phi) is 2.72. The number of hydrogen-bond acceptors (Lipinski definition) is 3. The molecule has 0 spiro atoms. The Hall–Kier alpha value is -2.10. The predicted octanol–water partition coefficient (Wildman–Crippen LogP) is 2.01. The Labute approximate surface area is 93.3 Å². The third kappa shape index (κ3) is 1.82. The van der Waals surface area contributed by atoms with Gasteiger partial charge in [0.1, 0.15) is 0 Å². The summed E-state index contributed by atoms with van der Waals surface area (Å²) in [5.74, 6) is 0.473. The molecule has 0 fully saturated rings. The molecule has 0 atom stereocenters. The Bertz CT molecular complexity index is 517. The van der Waals surface area contributed by atoms with Gasteiger partial charge in [-0.25, -0.2) is 0 Å². The van der Waals surface area contributed by atoms with Gasteiger partial charge in [0.15, 0.2) is 5.76 Å². The largest absolute Gasteiger partial charge is 0.356 e. The van der Waals surface area contributed by atoms with Gasteiger partial charge in [-0.15, -0.1) is 0 Å². The molecule has 1 heterocycles. The summed E-state index contributed by atoms with van der Waals surface area (Å²) in [7, 11) is 1.60. The SMILES string of the molecule is CNC(=O)c1ccccc1-c1cc(C)no1. The molecule has 0 saturated heterocycles. The standard InChI is InChI=1S/C12H12N2O2/c1-8-7-11(16-14-8)9-5-3-4-6-10(9)12(15)13-2/h3-7H,1-2H3,(H,13,15). The van der Waals surface area contributed by atoms with Crippen molar-refractivity contribution in [2.24, 2.45) is 0 Å². The molecule has 1 aromatic heterocycles. The summed E-state index contributed by atoms with van der Waals surface area (Å²) in [5.41, 5.74) is 2.13. The number of aryl methyl sites for hydroxylation is 1. The molecule has 0 aliphatic rings. The topological polar surface area (TPSA) is 55.1 Å². The van der Waals surface area contributed by atoms with Gasteiger partial charge in [-0.05, 0) is 13.0 Å². The predicted molar refractivity (Wildman–Crippen MR) is 60.1 cm³/mol. The first-order valence-corrected chi connectivity index (χ1v) is 4.97. The summed E-state index contributed by atoms with van der Waals surface area (Å²) in [6, 6.07) is 9.08. The number of rotatable bonds is 2. The molecule has 4 heteroatoms. The first-order valence-electron chi connectivity index (χ1n) is 4.97. The number of nitrogens with zero attached hydrogens (tertiary/aromatic N) is 1. The Morgan fingerprint density at radius 1 is 1.38 bits per heavy atom. The molecule has 0 unspecified atom stereocenters. The second-order valence-electron chi connectivity index (χ2n) is 3.46. The number of benzene rings is 1. The first kappa shape index (κ1) is 10.4. The highest BCUT2D eigenvalue weighted by Gasteiger charge is 2.13. The zero-order valence-corrected chi connectivity index (χ0v) is 9.15. The maximum atomic E-state index is 11.6. The van der Waals surface area contributed by atoms with E-state index in [1.165, 1.54) is 0 Å². The fourth-order valence-corrected chi connectivity index (χ4v) is 1.52. The normalized spacial score (nSPS) is 10.1. The average Bonchev–Trinajstić information content (AvgIpc) is 2.75. The van der Waals surface area contributed by atoms with Crippen LogP contribution in [-0.4, -0.2) is 18.1 Å². The Balaban J connectivity index is 2.52. The van der Waals surface area contributed by atoms with E-state index >= 15 is 0 Å². The Morgan fingerprint density at radius 2 is 2.12 bits per heavy atom. The van der Waals surface area contributed by atoms with Crippen LogP contribution in [0.5, 0.6) is 0 Å². The molecule has 0 aliphatic carbocycles. The fraction of sp³-hybridized carbons (Fsp3) is 0.167. The number of carbonyl (C=O) groups excluding carboxylic acids is 1. The van der Waals surface area contributed by atoms with Crippen LogP contribution in [0.2, 0.25) is 0 Å². The van der Waals surface area contributed by atoms with Crippen LogP contribution in [0.15, 0.2) is 34.9 Å². The van der Waals surface area contributed by atoms with Crippen molar-refractivity contribution in [3.8, 4) is 11.3 Å². The molecule has 1 aromatic carbocycles. The second-order valence-corrected chi connectivity index (χ2v) is 3.46. The monoisotopic (exact) mass is 216 g/mol. The van der Waals surface area contributed by atoms with Gasteiger partial charge in [0, 0.05) is 18.7 Å². The lowest BCUT2D eigenvalue weighted by atomic mass is 10.0. The van der Waals surface area contributed by atoms with Crippen molar-refractivity contribution >= 4 is 5.91 Å². The van der Waals surface area contributed by atoms with E-state index in [1.807, 2.05) is 31.2 Å². The molecule has 2 rings (SSSR count). The summed E-state index contributed by atoms with van der Waals surface area (Å²) < 4.78 is 5.16. The van der Waals surface area contributed by atoms with E-state index in [-0.39, 0.29) is 5.91 Å². The summed E-state index contributed by atoms with van der Waals surface area (Å²) in [4.78, 5) is 11.6. The molecular formula is C12H12N2O2. The number of carbonyl (C=O) groups is 1. The zero-order valence-electron chi connectivity index (χ0n) is 9.15. The fourth-order valence-electron chi connectivity index (χ4n) is 1.52. The van der Waals surface area contributed by atoms with E-state index in [4.69, 9.17) is 4.52 Å². The van der Waals surface area contributed by atoms with Crippen LogP contribution < -0.4 is 5.32 Å². The third-order valence-corrected chi connectivity index (χ3v) is 2.29. The maximum Gasteiger partial charge on any atom is 0.251 e. The highest BCUT2D eigenvalue weighted by Crippen LogP contribution is 2.24. The minimum absolute atomic E-state index is 0.135. The van der Waals surface area contributed by atoms with Crippen molar-refractivity contribution in [2.45, 2.75) is 6.92 Å². The highest BCUT2D eigenvalue weighted by atomic mass is 16.5. The van der Waals surface area contributed by atoms with Gasteiger partial charge in [0.2, 0.25) is 0 Å². The quantitative estimate of drug-likeness (QED) is 0.835. The van der Waals surface area contributed by atoms with E-state index < -0.39 is 0 Å². The summed E-state index contributed by atoms with van der Waals surface area (Å²) >= 11 is 0. The molecule has 82 valence electrons. The van der Waals surface area contributed by atoms with Gasteiger partial charge in [0.25, 0.3) is 5.91 Å². The molecule has 4 nitrogen and oxygen atoms in total. The lowest BCUT2D eigenvalue weighted by Crippen LogP contribution is -2.18. The molecule has 0 aliphatic heterocycles. The lowest BCUT2D eigenvalue weighted by Gasteiger charge is -2.04. The first-order chi connectivity index (χ1) is 7.72. The summed E-state index contributed by atoms with van der Waals surface area (Å²) in [6.07, 6.45) is 0. The van der Waals surface area contributed by atoms with Gasteiger partial charge < -0.3 is 9.84 Å². The van der Waals surface area contributed by atoms with Crippen molar-refractivity contribution in [3.63, 3.8) is 0 Å². The van der Waals surface area contributed by atoms with Crippen molar-refractivity contribution < 1.29 is 9.32 Å². The van der Waals surface area contributed by atoms with Gasteiger partial charge in [0.05, 0.1) is 11.3 Å². The minimum atomic E-state index is -0.135. The molecule has 2 aromatic rings. The van der Waals surface area contributed by atoms with Gasteiger partial charge in [-0.2, -0.15) is 0 Å². The van der Waals surface area contributed by atoms with Crippen molar-refractivity contribution in [3.05, 3.63) is 41.6 Å². The van der Waals surface area contributed by atoms with Crippen LogP contribution in [0.3, 0.4) is 0 Å². The molecule has 0 radical (unpaired) electrons. The van der Waals surface area contributed by atoms with Crippen molar-refractivity contribution in [2.75, 3.05) is 7.05 Å². The van der Waals surface area contributed by atoms with E-state index in [0.29, 0.717) is 11.3 Å². The van der Waals surface area contributed by atoms with Crippen LogP contribution in [0.1, 0.15) is 16.1 Å². The number of nitrogens with one attached hydrogen (secondary N) is 1. The van der Waals surface area contributed by atoms with Crippen molar-refractivity contribution in [1.82, 2.24) is 10.5 Å². The molecule has 0 bridgehead atoms. The number of hydrogen-bond donors (Lipinski definition) is 1. The van der Waals surface area contributed by atoms with Gasteiger partial charge in [-0.1, -0.05) is 23.4 Å². The average molecular weight is 216 g/mol. The molecular weight excluding hydrogens is 204 g/mol. The molecule has 0 saturated carbocycles. The van der Waals surface area contributed by atoms with Crippen molar-refractivity contribution in [1.29, 1.82) is 0 Å². The smallest absolute Gasteiger partial charge is 0.251 e. The van der Waals surface area contributed by atoms with E-state index in [1.54, 1.807) is 13.1 Å². The maximum absolute atomic E-state index is 11.6. The summed E-state index contributed by atoms with van der Waals surface area (Å²) in [5, 5.41) is 6.41. The van der Waals surface area contributed by atoms with Gasteiger partial charge in [-0.3, -0.25) is 4.79 Å². The van der Waals surface area contributed by atoms with Crippen LogP contribution in [0.4, 0.5) is 0 Å². The van der Waals surface area contributed by atoms with E-state index in [0.717, 1.165) is 11.3 Å². The van der Waals surface area contributed by atoms with E-state index in [9.17, 15) is 4.79 Å². The molecule has 1 amide bonds. The van der Waals surface area contributed by atoms with Gasteiger partial charge >= 0.3 is 0 Å². The molecule has 1 N–H and O–H groups in total. The number of amides is 1. The second kappa shape index (κ2) is 4.18. The van der Waals surface area contributed by atoms with Crippen LogP contribution in [0.25, 0.3) is 11.3 Å². The van der Waals surface area contributed by atoms with E-state index in [2.05, 4.69) is 10.5 Å². The lowest BCUT2D eigenvalue weighted by molar-refractivity contribution is 0.0963. The third-order valence-electron chi connectivity index (χ3n) is 2.29.